The van der Waals surface area contributed by atoms with E-state index >= 15 is 0 Å². The molecule has 10 heteroatoms. The normalized spacial score (nSPS) is 11.9. The van der Waals surface area contributed by atoms with Gasteiger partial charge < -0.3 is 5.32 Å². The van der Waals surface area contributed by atoms with E-state index in [1.807, 2.05) is 13.8 Å². The average Bonchev–Trinajstić information content (AvgIpc) is 3.03. The highest BCUT2D eigenvalue weighted by Crippen LogP contribution is 2.14. The first-order chi connectivity index (χ1) is 11.7. The van der Waals surface area contributed by atoms with E-state index in [1.165, 1.54) is 38.4 Å². The highest BCUT2D eigenvalue weighted by molar-refractivity contribution is 7.89. The lowest BCUT2D eigenvalue weighted by Gasteiger charge is -2.12. The van der Waals surface area contributed by atoms with Gasteiger partial charge in [-0.3, -0.25) is 4.79 Å². The summed E-state index contributed by atoms with van der Waals surface area (Å²) in [4.78, 5) is 12.3. The van der Waals surface area contributed by atoms with Gasteiger partial charge in [0.15, 0.2) is 5.82 Å². The minimum Gasteiger partial charge on any atom is -0.352 e. The third kappa shape index (κ3) is 4.40. The lowest BCUT2D eigenvalue weighted by atomic mass is 10.2. The van der Waals surface area contributed by atoms with Crippen molar-refractivity contribution in [2.24, 2.45) is 0 Å². The number of nitrogens with zero attached hydrogens (tertiary/aromatic N) is 5. The molecule has 1 heterocycles. The maximum atomic E-state index is 12.2. The summed E-state index contributed by atoms with van der Waals surface area (Å²) >= 11 is 0. The Balaban J connectivity index is 1.96. The van der Waals surface area contributed by atoms with Crippen molar-refractivity contribution in [1.29, 1.82) is 0 Å². The number of aromatic nitrogens is 4. The summed E-state index contributed by atoms with van der Waals surface area (Å²) in [6.45, 7) is 4.33. The summed E-state index contributed by atoms with van der Waals surface area (Å²) in [7, 11) is -0.584. The summed E-state index contributed by atoms with van der Waals surface area (Å²) in [5.41, 5.74) is 0.390. The third-order valence-corrected chi connectivity index (χ3v) is 5.41. The molecule has 0 aliphatic heterocycles. The smallest absolute Gasteiger partial charge is 0.251 e. The van der Waals surface area contributed by atoms with Crippen LogP contribution in [0.5, 0.6) is 0 Å². The molecule has 0 spiro atoms. The summed E-state index contributed by atoms with van der Waals surface area (Å²) in [5, 5.41) is 14.3. The van der Waals surface area contributed by atoms with Crippen molar-refractivity contribution in [3.8, 4) is 0 Å². The SMILES string of the molecule is CC(C)n1nnnc1CCNC(=O)c1ccc(S(=O)(=O)N(C)C)cc1. The Hall–Kier alpha value is -2.33. The number of rotatable bonds is 7. The van der Waals surface area contributed by atoms with Crippen LogP contribution in [0.15, 0.2) is 29.2 Å². The van der Waals surface area contributed by atoms with Gasteiger partial charge in [0.25, 0.3) is 5.91 Å². The van der Waals surface area contributed by atoms with Crippen molar-refractivity contribution < 1.29 is 13.2 Å². The molecule has 0 bridgehead atoms. The largest absolute Gasteiger partial charge is 0.352 e. The molecule has 9 nitrogen and oxygen atoms in total. The van der Waals surface area contributed by atoms with Crippen LogP contribution in [0.25, 0.3) is 0 Å². The zero-order chi connectivity index (χ0) is 18.6. The third-order valence-electron chi connectivity index (χ3n) is 3.58. The maximum absolute atomic E-state index is 12.2. The number of carbonyl (C=O) groups is 1. The van der Waals surface area contributed by atoms with Crippen LogP contribution in [0.1, 0.15) is 36.1 Å². The van der Waals surface area contributed by atoms with Crippen LogP contribution in [-0.4, -0.2) is 59.5 Å². The first kappa shape index (κ1) is 19.0. The van der Waals surface area contributed by atoms with Gasteiger partial charge in [-0.05, 0) is 48.5 Å². The number of carbonyl (C=O) groups excluding carboxylic acids is 1. The molecule has 0 unspecified atom stereocenters. The van der Waals surface area contributed by atoms with Crippen LogP contribution in [0.3, 0.4) is 0 Å². The van der Waals surface area contributed by atoms with Crippen molar-refractivity contribution in [3.05, 3.63) is 35.7 Å². The van der Waals surface area contributed by atoms with Crippen LogP contribution in [0, 0.1) is 0 Å². The molecule has 0 saturated carbocycles. The van der Waals surface area contributed by atoms with E-state index < -0.39 is 10.0 Å². The summed E-state index contributed by atoms with van der Waals surface area (Å²) in [6.07, 6.45) is 0.504. The van der Waals surface area contributed by atoms with Gasteiger partial charge in [-0.15, -0.1) is 5.10 Å². The predicted octanol–water partition coefficient (Wildman–Crippen LogP) is 0.477. The average molecular weight is 366 g/mol. The van der Waals surface area contributed by atoms with Crippen LogP contribution in [0.2, 0.25) is 0 Å². The lowest BCUT2D eigenvalue weighted by molar-refractivity contribution is 0.0953. The second-order valence-corrected chi connectivity index (χ2v) is 8.10. The fraction of sp³-hybridized carbons (Fsp3) is 0.467. The summed E-state index contributed by atoms with van der Waals surface area (Å²) < 4.78 is 26.8. The Morgan fingerprint density at radius 2 is 1.88 bits per heavy atom. The highest BCUT2D eigenvalue weighted by atomic mass is 32.2. The first-order valence-corrected chi connectivity index (χ1v) is 9.25. The molecular weight excluding hydrogens is 344 g/mol. The molecule has 25 heavy (non-hydrogen) atoms. The fourth-order valence-electron chi connectivity index (χ4n) is 2.16. The zero-order valence-electron chi connectivity index (χ0n) is 14.7. The fourth-order valence-corrected chi connectivity index (χ4v) is 3.06. The van der Waals surface area contributed by atoms with Gasteiger partial charge in [0.1, 0.15) is 0 Å². The Morgan fingerprint density at radius 3 is 2.44 bits per heavy atom. The summed E-state index contributed by atoms with van der Waals surface area (Å²) in [5.74, 6) is 0.417. The molecule has 2 rings (SSSR count). The predicted molar refractivity (Wildman–Crippen MR) is 91.6 cm³/mol. The van der Waals surface area contributed by atoms with E-state index in [2.05, 4.69) is 20.8 Å². The zero-order valence-corrected chi connectivity index (χ0v) is 15.5. The molecule has 0 atom stereocenters. The monoisotopic (exact) mass is 366 g/mol. The minimum atomic E-state index is -3.50. The van der Waals surface area contributed by atoms with E-state index in [9.17, 15) is 13.2 Å². The van der Waals surface area contributed by atoms with Crippen LogP contribution >= 0.6 is 0 Å². The quantitative estimate of drug-likeness (QED) is 0.763. The highest BCUT2D eigenvalue weighted by Gasteiger charge is 2.17. The molecule has 1 amide bonds. The number of hydrogen-bond acceptors (Lipinski definition) is 6. The van der Waals surface area contributed by atoms with Gasteiger partial charge in [0.2, 0.25) is 10.0 Å². The van der Waals surface area contributed by atoms with E-state index in [0.717, 1.165) is 4.31 Å². The van der Waals surface area contributed by atoms with Crippen molar-refractivity contribution in [3.63, 3.8) is 0 Å². The van der Waals surface area contributed by atoms with E-state index in [4.69, 9.17) is 0 Å². The van der Waals surface area contributed by atoms with Gasteiger partial charge in [-0.25, -0.2) is 17.4 Å². The van der Waals surface area contributed by atoms with E-state index in [-0.39, 0.29) is 16.8 Å². The van der Waals surface area contributed by atoms with Crippen LogP contribution in [-0.2, 0) is 16.4 Å². The topological polar surface area (TPSA) is 110 Å². The second-order valence-electron chi connectivity index (χ2n) is 5.95. The number of tetrazole rings is 1. The molecule has 0 aliphatic carbocycles. The van der Waals surface area contributed by atoms with E-state index in [0.29, 0.717) is 24.4 Å². The summed E-state index contributed by atoms with van der Waals surface area (Å²) in [6, 6.07) is 5.97. The lowest BCUT2D eigenvalue weighted by Crippen LogP contribution is -2.27. The molecule has 0 aliphatic rings. The second kappa shape index (κ2) is 7.70. The van der Waals surface area contributed by atoms with Gasteiger partial charge in [0, 0.05) is 32.6 Å². The number of sulfonamides is 1. The standard InChI is InChI=1S/C15H22N6O3S/c1-11(2)21-14(17-18-19-21)9-10-16-15(22)12-5-7-13(8-6-12)25(23,24)20(3)4/h5-8,11H,9-10H2,1-4H3,(H,16,22). The van der Waals surface area contributed by atoms with Gasteiger partial charge in [-0.2, -0.15) is 0 Å². The minimum absolute atomic E-state index is 0.144. The number of hydrogen-bond donors (Lipinski definition) is 1. The molecular formula is C15H22N6O3S. The molecule has 0 radical (unpaired) electrons. The van der Waals surface area contributed by atoms with Gasteiger partial charge >= 0.3 is 0 Å². The van der Waals surface area contributed by atoms with Gasteiger partial charge in [0.05, 0.1) is 10.9 Å². The molecule has 0 saturated heterocycles. The number of amides is 1. The first-order valence-electron chi connectivity index (χ1n) is 7.81. The van der Waals surface area contributed by atoms with Crippen molar-refractivity contribution in [2.45, 2.75) is 31.2 Å². The molecule has 0 fully saturated rings. The van der Waals surface area contributed by atoms with Crippen LogP contribution < -0.4 is 5.32 Å². The number of benzene rings is 1. The molecule has 1 aromatic heterocycles. The Morgan fingerprint density at radius 1 is 1.24 bits per heavy atom. The van der Waals surface area contributed by atoms with Gasteiger partial charge in [-0.1, -0.05) is 0 Å². The van der Waals surface area contributed by atoms with Crippen LogP contribution in [0.4, 0.5) is 0 Å². The van der Waals surface area contributed by atoms with Crippen molar-refractivity contribution >= 4 is 15.9 Å². The van der Waals surface area contributed by atoms with E-state index in [1.54, 1.807) is 4.68 Å². The van der Waals surface area contributed by atoms with Crippen molar-refractivity contribution in [1.82, 2.24) is 29.8 Å². The Kier molecular flexibility index (Phi) is 5.85. The van der Waals surface area contributed by atoms with Crippen molar-refractivity contribution in [2.75, 3.05) is 20.6 Å². The molecule has 1 aromatic carbocycles. The molecule has 136 valence electrons. The molecule has 1 N–H and O–H groups in total. The molecule has 2 aromatic rings. The number of nitrogens with one attached hydrogen (secondary N) is 1. The Labute approximate surface area is 147 Å². The maximum Gasteiger partial charge on any atom is 0.251 e. The Bertz CT molecular complexity index is 827.